The number of anilines is 1. The lowest BCUT2D eigenvalue weighted by Gasteiger charge is -2.15. The topological polar surface area (TPSA) is 120 Å². The largest absolute Gasteiger partial charge is 0.493 e. The molecule has 0 spiro atoms. The fourth-order valence-corrected chi connectivity index (χ4v) is 3.83. The number of hydrogen-bond acceptors (Lipinski definition) is 5. The normalized spacial score (nSPS) is 13.1. The van der Waals surface area contributed by atoms with Gasteiger partial charge in [-0.05, 0) is 41.5 Å². The second kappa shape index (κ2) is 10.1. The molecule has 3 aromatic rings. The van der Waals surface area contributed by atoms with Crippen LogP contribution in [0, 0.1) is 23.4 Å². The predicted molar refractivity (Wildman–Crippen MR) is 122 cm³/mol. The number of pyridine rings is 1. The summed E-state index contributed by atoms with van der Waals surface area (Å²) in [6.45, 7) is -0.561. The van der Waals surface area contributed by atoms with E-state index in [9.17, 15) is 32.3 Å². The first-order chi connectivity index (χ1) is 17.1. The highest BCUT2D eigenvalue weighted by atomic mass is 19.2. The highest BCUT2D eigenvalue weighted by Crippen LogP contribution is 2.28. The van der Waals surface area contributed by atoms with E-state index in [1.54, 1.807) is 18.2 Å². The maximum atomic E-state index is 13.5. The quantitative estimate of drug-likeness (QED) is 0.346. The van der Waals surface area contributed by atoms with Crippen molar-refractivity contribution in [2.45, 2.75) is 19.4 Å². The Labute approximate surface area is 202 Å². The number of ether oxygens (including phenoxy) is 1. The van der Waals surface area contributed by atoms with Crippen LogP contribution >= 0.6 is 0 Å². The minimum Gasteiger partial charge on any atom is -0.493 e. The number of nitrogens with one attached hydrogen (secondary N) is 1. The highest BCUT2D eigenvalue weighted by molar-refractivity contribution is 5.99. The minimum absolute atomic E-state index is 0.0213. The summed E-state index contributed by atoms with van der Waals surface area (Å²) >= 11 is 0. The van der Waals surface area contributed by atoms with Crippen molar-refractivity contribution in [1.29, 1.82) is 0 Å². The fourth-order valence-electron chi connectivity index (χ4n) is 3.83. The molecule has 1 aliphatic rings. The summed E-state index contributed by atoms with van der Waals surface area (Å²) < 4.78 is 46.9. The molecule has 4 rings (SSSR count). The molecule has 3 N–H and O–H groups in total. The molecule has 186 valence electrons. The number of hydrogen-bond donors (Lipinski definition) is 2. The summed E-state index contributed by atoms with van der Waals surface area (Å²) in [6.07, 6.45) is 1.14. The Bertz CT molecular complexity index is 1410. The molecule has 1 atom stereocenters. The number of fused-ring (bicyclic) bond motifs is 1. The molecule has 36 heavy (non-hydrogen) atoms. The molecule has 1 unspecified atom stereocenters. The lowest BCUT2D eigenvalue weighted by Crippen LogP contribution is -2.33. The van der Waals surface area contributed by atoms with Gasteiger partial charge in [0.25, 0.3) is 5.56 Å². The lowest BCUT2D eigenvalue weighted by atomic mass is 9.99. The van der Waals surface area contributed by atoms with Crippen LogP contribution in [0.1, 0.15) is 27.9 Å². The standard InChI is InChI=1S/C25H20F3N3O5/c26-18-6-13(7-19(27)23(18)28)11-31-5-1-2-17(25(31)35)21(32)8-15(24(29)34)12-36-16-4-3-14-9-22(33)30-20(14)10-16/h1-7,10,15H,8-9,11-12H2,(H2,29,34)(H,30,33). The number of rotatable bonds is 9. The zero-order chi connectivity index (χ0) is 26.0. The van der Waals surface area contributed by atoms with Crippen molar-refractivity contribution >= 4 is 23.3 Å². The third-order valence-corrected chi connectivity index (χ3v) is 5.71. The molecule has 0 fully saturated rings. The van der Waals surface area contributed by atoms with Crippen molar-refractivity contribution in [3.63, 3.8) is 0 Å². The van der Waals surface area contributed by atoms with Crippen molar-refractivity contribution in [2.24, 2.45) is 11.7 Å². The molecule has 0 radical (unpaired) electrons. The number of carbonyl (C=O) groups is 3. The summed E-state index contributed by atoms with van der Waals surface area (Å²) in [5.41, 5.74) is 5.79. The fraction of sp³-hybridized carbons (Fsp3) is 0.200. The third-order valence-electron chi connectivity index (χ3n) is 5.71. The number of primary amides is 1. The molecule has 2 amide bonds. The average molecular weight is 499 g/mol. The van der Waals surface area contributed by atoms with Crippen molar-refractivity contribution in [2.75, 3.05) is 11.9 Å². The molecule has 11 heteroatoms. The van der Waals surface area contributed by atoms with E-state index in [4.69, 9.17) is 10.5 Å². The van der Waals surface area contributed by atoms with Crippen molar-refractivity contribution < 1.29 is 32.3 Å². The van der Waals surface area contributed by atoms with Gasteiger partial charge in [-0.2, -0.15) is 0 Å². The number of carbonyl (C=O) groups excluding carboxylic acids is 3. The van der Waals surface area contributed by atoms with Gasteiger partial charge in [-0.25, -0.2) is 13.2 Å². The Balaban J connectivity index is 1.46. The van der Waals surface area contributed by atoms with E-state index in [1.165, 1.54) is 18.3 Å². The van der Waals surface area contributed by atoms with E-state index >= 15 is 0 Å². The first-order valence-corrected chi connectivity index (χ1v) is 10.8. The summed E-state index contributed by atoms with van der Waals surface area (Å²) in [6, 6.07) is 9.08. The van der Waals surface area contributed by atoms with Gasteiger partial charge in [0.15, 0.2) is 23.2 Å². The van der Waals surface area contributed by atoms with Crippen LogP contribution in [0.2, 0.25) is 0 Å². The molecule has 0 bridgehead atoms. The monoisotopic (exact) mass is 499 g/mol. The van der Waals surface area contributed by atoms with Crippen LogP contribution in [-0.2, 0) is 22.6 Å². The van der Waals surface area contributed by atoms with E-state index in [2.05, 4.69) is 5.32 Å². The van der Waals surface area contributed by atoms with Gasteiger partial charge < -0.3 is 20.4 Å². The number of ketones is 1. The smallest absolute Gasteiger partial charge is 0.261 e. The molecule has 0 aliphatic carbocycles. The number of nitrogens with two attached hydrogens (primary N) is 1. The number of amides is 2. The van der Waals surface area contributed by atoms with E-state index in [0.717, 1.165) is 22.3 Å². The van der Waals surface area contributed by atoms with Crippen LogP contribution < -0.4 is 21.3 Å². The molecular weight excluding hydrogens is 479 g/mol. The van der Waals surface area contributed by atoms with Crippen LogP contribution in [0.5, 0.6) is 5.75 Å². The van der Waals surface area contributed by atoms with E-state index in [0.29, 0.717) is 11.4 Å². The SMILES string of the molecule is NC(=O)C(COc1ccc2c(c1)NC(=O)C2)CC(=O)c1cccn(Cc2cc(F)c(F)c(F)c2)c1=O. The Hall–Kier alpha value is -4.41. The van der Waals surface area contributed by atoms with Gasteiger partial charge in [0.2, 0.25) is 11.8 Å². The van der Waals surface area contributed by atoms with Crippen molar-refractivity contribution in [3.05, 3.63) is 93.2 Å². The van der Waals surface area contributed by atoms with Crippen molar-refractivity contribution in [1.82, 2.24) is 4.57 Å². The molecular formula is C25H20F3N3O5. The number of benzene rings is 2. The van der Waals surface area contributed by atoms with E-state index < -0.39 is 47.0 Å². The number of Topliss-reactive ketones (excluding diaryl/α,β-unsaturated/α-hetero) is 1. The molecule has 0 saturated heterocycles. The van der Waals surface area contributed by atoms with E-state index in [-0.39, 0.29) is 36.6 Å². The van der Waals surface area contributed by atoms with Crippen molar-refractivity contribution in [3.8, 4) is 5.75 Å². The first kappa shape index (κ1) is 24.7. The second-order valence-corrected chi connectivity index (χ2v) is 8.31. The summed E-state index contributed by atoms with van der Waals surface area (Å²) in [5, 5.41) is 2.68. The maximum absolute atomic E-state index is 13.5. The lowest BCUT2D eigenvalue weighted by molar-refractivity contribution is -0.122. The number of nitrogens with zero attached hydrogens (tertiary/aromatic N) is 1. The van der Waals surface area contributed by atoms with Crippen LogP contribution in [0.15, 0.2) is 53.5 Å². The van der Waals surface area contributed by atoms with Gasteiger partial charge in [-0.15, -0.1) is 0 Å². The van der Waals surface area contributed by atoms with Gasteiger partial charge in [0.1, 0.15) is 12.4 Å². The predicted octanol–water partition coefficient (Wildman–Crippen LogP) is 2.56. The Kier molecular flexibility index (Phi) is 6.91. The van der Waals surface area contributed by atoms with Crippen LogP contribution in [0.25, 0.3) is 0 Å². The second-order valence-electron chi connectivity index (χ2n) is 8.31. The maximum Gasteiger partial charge on any atom is 0.261 e. The van der Waals surface area contributed by atoms with Gasteiger partial charge in [0, 0.05) is 24.4 Å². The Morgan fingerprint density at radius 3 is 2.50 bits per heavy atom. The minimum atomic E-state index is -1.63. The van der Waals surface area contributed by atoms with Crippen LogP contribution in [0.4, 0.5) is 18.9 Å². The van der Waals surface area contributed by atoms with Gasteiger partial charge >= 0.3 is 0 Å². The Morgan fingerprint density at radius 1 is 1.08 bits per heavy atom. The summed E-state index contributed by atoms with van der Waals surface area (Å²) in [4.78, 5) is 49.1. The summed E-state index contributed by atoms with van der Waals surface area (Å²) in [7, 11) is 0. The van der Waals surface area contributed by atoms with Gasteiger partial charge in [-0.1, -0.05) is 6.07 Å². The zero-order valence-electron chi connectivity index (χ0n) is 18.7. The Morgan fingerprint density at radius 2 is 1.81 bits per heavy atom. The molecule has 2 aromatic carbocycles. The molecule has 1 aromatic heterocycles. The highest BCUT2D eigenvalue weighted by Gasteiger charge is 2.24. The number of aromatic nitrogens is 1. The third kappa shape index (κ3) is 5.29. The van der Waals surface area contributed by atoms with Gasteiger partial charge in [0.05, 0.1) is 24.4 Å². The van der Waals surface area contributed by atoms with E-state index in [1.807, 2.05) is 0 Å². The molecule has 8 nitrogen and oxygen atoms in total. The number of halogens is 3. The van der Waals surface area contributed by atoms with Crippen LogP contribution in [-0.4, -0.2) is 28.8 Å². The zero-order valence-corrected chi connectivity index (χ0v) is 18.7. The first-order valence-electron chi connectivity index (χ1n) is 10.8. The van der Waals surface area contributed by atoms with Crippen LogP contribution in [0.3, 0.4) is 0 Å². The average Bonchev–Trinajstić information content (AvgIpc) is 3.20. The molecule has 0 saturated carbocycles. The molecule has 2 heterocycles. The summed E-state index contributed by atoms with van der Waals surface area (Å²) in [5.74, 6) is -6.78. The molecule has 1 aliphatic heterocycles. The van der Waals surface area contributed by atoms with Gasteiger partial charge in [-0.3, -0.25) is 19.2 Å².